The van der Waals surface area contributed by atoms with Crippen molar-refractivity contribution in [2.45, 2.75) is 18.9 Å². The molecule has 88 valence electrons. The lowest BCUT2D eigenvalue weighted by Gasteiger charge is -2.15. The summed E-state index contributed by atoms with van der Waals surface area (Å²) in [5, 5.41) is 3.24. The van der Waals surface area contributed by atoms with Gasteiger partial charge in [0, 0.05) is 25.2 Å². The number of likely N-dealkylation sites (N-methyl/N-ethyl adjacent to an activating group) is 1. The molecule has 0 bridgehead atoms. The van der Waals surface area contributed by atoms with Gasteiger partial charge in [0.2, 0.25) is 0 Å². The molecule has 0 atom stereocenters. The van der Waals surface area contributed by atoms with Gasteiger partial charge in [-0.15, -0.1) is 0 Å². The lowest BCUT2D eigenvalue weighted by molar-refractivity contribution is 0.337. The summed E-state index contributed by atoms with van der Waals surface area (Å²) in [7, 11) is 2.16. The van der Waals surface area contributed by atoms with Crippen molar-refractivity contribution in [2.24, 2.45) is 5.84 Å². The molecule has 1 aliphatic carbocycles. The van der Waals surface area contributed by atoms with Crippen LogP contribution in [0.25, 0.3) is 0 Å². The molecular weight excluding hydrogens is 204 g/mol. The highest BCUT2D eigenvalue weighted by molar-refractivity contribution is 5.45. The van der Waals surface area contributed by atoms with Crippen LogP contribution in [-0.4, -0.2) is 41.0 Å². The molecule has 0 aromatic carbocycles. The molecule has 2 rings (SSSR count). The van der Waals surface area contributed by atoms with Crippen molar-refractivity contribution in [3.05, 3.63) is 12.4 Å². The molecule has 16 heavy (non-hydrogen) atoms. The third-order valence-corrected chi connectivity index (χ3v) is 2.76. The third kappa shape index (κ3) is 3.04. The van der Waals surface area contributed by atoms with Gasteiger partial charge in [0.05, 0.1) is 0 Å². The molecule has 1 aliphatic rings. The fourth-order valence-electron chi connectivity index (χ4n) is 1.59. The highest BCUT2D eigenvalue weighted by atomic mass is 15.3. The van der Waals surface area contributed by atoms with Gasteiger partial charge in [-0.25, -0.2) is 15.8 Å². The Morgan fingerprint density at radius 1 is 1.44 bits per heavy atom. The summed E-state index contributed by atoms with van der Waals surface area (Å²) in [5.41, 5.74) is 2.49. The van der Waals surface area contributed by atoms with Gasteiger partial charge in [0.1, 0.15) is 18.0 Å². The Labute approximate surface area is 95.2 Å². The van der Waals surface area contributed by atoms with E-state index in [2.05, 4.69) is 32.7 Å². The molecule has 0 spiro atoms. The zero-order chi connectivity index (χ0) is 11.4. The highest BCUT2D eigenvalue weighted by Crippen LogP contribution is 2.24. The van der Waals surface area contributed by atoms with Crippen molar-refractivity contribution in [3.63, 3.8) is 0 Å². The van der Waals surface area contributed by atoms with Crippen LogP contribution in [0, 0.1) is 0 Å². The van der Waals surface area contributed by atoms with Gasteiger partial charge >= 0.3 is 0 Å². The molecule has 0 aliphatic heterocycles. The lowest BCUT2D eigenvalue weighted by Crippen LogP contribution is -2.27. The Kier molecular flexibility index (Phi) is 3.53. The quantitative estimate of drug-likeness (QED) is 0.473. The summed E-state index contributed by atoms with van der Waals surface area (Å²) in [6, 6.07) is 2.59. The second-order valence-corrected chi connectivity index (χ2v) is 4.07. The zero-order valence-corrected chi connectivity index (χ0v) is 9.48. The van der Waals surface area contributed by atoms with Gasteiger partial charge in [-0.05, 0) is 19.9 Å². The number of nitrogens with one attached hydrogen (secondary N) is 2. The number of anilines is 2. The van der Waals surface area contributed by atoms with E-state index in [4.69, 9.17) is 5.84 Å². The van der Waals surface area contributed by atoms with Gasteiger partial charge in [-0.1, -0.05) is 0 Å². The maximum atomic E-state index is 5.27. The number of hydrogen-bond donors (Lipinski definition) is 3. The van der Waals surface area contributed by atoms with Crippen LogP contribution >= 0.6 is 0 Å². The summed E-state index contributed by atoms with van der Waals surface area (Å²) in [5.74, 6) is 6.68. The van der Waals surface area contributed by atoms with E-state index in [1.807, 2.05) is 0 Å². The fourth-order valence-corrected chi connectivity index (χ4v) is 1.59. The Balaban J connectivity index is 1.75. The minimum atomic E-state index is 0.619. The second-order valence-electron chi connectivity index (χ2n) is 4.07. The number of hydrogen-bond acceptors (Lipinski definition) is 6. The number of nitrogens with zero attached hydrogens (tertiary/aromatic N) is 3. The van der Waals surface area contributed by atoms with Crippen molar-refractivity contribution in [1.29, 1.82) is 0 Å². The number of nitrogen functional groups attached to an aromatic ring is 1. The maximum absolute atomic E-state index is 5.27. The van der Waals surface area contributed by atoms with Crippen LogP contribution in [0.5, 0.6) is 0 Å². The molecule has 0 amide bonds. The summed E-state index contributed by atoms with van der Waals surface area (Å²) < 4.78 is 0. The summed E-state index contributed by atoms with van der Waals surface area (Å²) in [6.45, 7) is 1.91. The molecule has 1 aromatic rings. The number of nitrogens with two attached hydrogens (primary N) is 1. The molecule has 0 saturated heterocycles. The first-order valence-electron chi connectivity index (χ1n) is 5.52. The average molecular weight is 222 g/mol. The van der Waals surface area contributed by atoms with E-state index in [1.165, 1.54) is 19.2 Å². The summed E-state index contributed by atoms with van der Waals surface area (Å²) in [4.78, 5) is 10.4. The van der Waals surface area contributed by atoms with Crippen LogP contribution in [0.15, 0.2) is 12.4 Å². The molecule has 6 heteroatoms. The van der Waals surface area contributed by atoms with E-state index < -0.39 is 0 Å². The molecule has 4 N–H and O–H groups in total. The van der Waals surface area contributed by atoms with E-state index in [1.54, 1.807) is 6.07 Å². The van der Waals surface area contributed by atoms with E-state index >= 15 is 0 Å². The molecule has 6 nitrogen and oxygen atoms in total. The molecule has 1 fully saturated rings. The van der Waals surface area contributed by atoms with Gasteiger partial charge in [0.15, 0.2) is 0 Å². The second kappa shape index (κ2) is 5.09. The number of aromatic nitrogens is 2. The van der Waals surface area contributed by atoms with E-state index in [9.17, 15) is 0 Å². The number of rotatable bonds is 6. The first-order chi connectivity index (χ1) is 7.79. The average Bonchev–Trinajstić information content (AvgIpc) is 3.13. The zero-order valence-electron chi connectivity index (χ0n) is 9.48. The molecule has 0 radical (unpaired) electrons. The van der Waals surface area contributed by atoms with Crippen LogP contribution in [-0.2, 0) is 0 Å². The Morgan fingerprint density at radius 2 is 2.19 bits per heavy atom. The van der Waals surface area contributed by atoms with Crippen molar-refractivity contribution in [2.75, 3.05) is 30.9 Å². The topological polar surface area (TPSA) is 79.1 Å². The smallest absolute Gasteiger partial charge is 0.145 e. The van der Waals surface area contributed by atoms with Crippen molar-refractivity contribution < 1.29 is 0 Å². The minimum absolute atomic E-state index is 0.619. The van der Waals surface area contributed by atoms with E-state index in [0.29, 0.717) is 5.82 Å². The van der Waals surface area contributed by atoms with Crippen molar-refractivity contribution in [1.82, 2.24) is 14.9 Å². The number of hydrazine groups is 1. The molecular formula is C10H18N6. The van der Waals surface area contributed by atoms with Gasteiger partial charge in [-0.3, -0.25) is 0 Å². The normalized spacial score (nSPS) is 15.2. The predicted octanol–water partition coefficient (Wildman–Crippen LogP) is 0.268. The SMILES string of the molecule is CN(CCNc1cc(NN)ncn1)C1CC1. The minimum Gasteiger partial charge on any atom is -0.369 e. The van der Waals surface area contributed by atoms with E-state index in [0.717, 1.165) is 24.9 Å². The van der Waals surface area contributed by atoms with Crippen molar-refractivity contribution in [3.8, 4) is 0 Å². The third-order valence-electron chi connectivity index (χ3n) is 2.76. The lowest BCUT2D eigenvalue weighted by atomic mass is 10.4. The fraction of sp³-hybridized carbons (Fsp3) is 0.600. The molecule has 1 aromatic heterocycles. The van der Waals surface area contributed by atoms with Gasteiger partial charge in [0.25, 0.3) is 0 Å². The molecule has 0 unspecified atom stereocenters. The Hall–Kier alpha value is -1.40. The summed E-state index contributed by atoms with van der Waals surface area (Å²) in [6.07, 6.45) is 4.17. The Bertz CT molecular complexity index is 338. The van der Waals surface area contributed by atoms with Crippen LogP contribution in [0.2, 0.25) is 0 Å². The van der Waals surface area contributed by atoms with Crippen LogP contribution in [0.4, 0.5) is 11.6 Å². The monoisotopic (exact) mass is 222 g/mol. The van der Waals surface area contributed by atoms with Crippen molar-refractivity contribution >= 4 is 11.6 Å². The Morgan fingerprint density at radius 3 is 2.88 bits per heavy atom. The highest BCUT2D eigenvalue weighted by Gasteiger charge is 2.25. The van der Waals surface area contributed by atoms with Gasteiger partial charge in [-0.2, -0.15) is 0 Å². The molecule has 1 saturated carbocycles. The maximum Gasteiger partial charge on any atom is 0.145 e. The van der Waals surface area contributed by atoms with Crippen LogP contribution in [0.3, 0.4) is 0 Å². The first kappa shape index (κ1) is 11.1. The van der Waals surface area contributed by atoms with E-state index in [-0.39, 0.29) is 0 Å². The van der Waals surface area contributed by atoms with Gasteiger partial charge < -0.3 is 15.6 Å². The summed E-state index contributed by atoms with van der Waals surface area (Å²) >= 11 is 0. The predicted molar refractivity (Wildman–Crippen MR) is 64.0 cm³/mol. The first-order valence-corrected chi connectivity index (χ1v) is 5.52. The largest absolute Gasteiger partial charge is 0.369 e. The molecule has 1 heterocycles. The van der Waals surface area contributed by atoms with Crippen LogP contribution in [0.1, 0.15) is 12.8 Å². The van der Waals surface area contributed by atoms with Crippen LogP contribution < -0.4 is 16.6 Å². The standard InChI is InChI=1S/C10H18N6/c1-16(8-2-3-8)5-4-12-9-6-10(15-11)14-7-13-9/h6-8H,2-5,11H2,1H3,(H2,12,13,14,15).